The average Bonchev–Trinajstić information content (AvgIpc) is 2.64. The Bertz CT molecular complexity index is 473. The maximum Gasteiger partial charge on any atom is 0.0972 e. The highest BCUT2D eigenvalue weighted by atomic mass is 35.5. The molecule has 0 aliphatic carbocycles. The van der Waals surface area contributed by atoms with E-state index >= 15 is 0 Å². The van der Waals surface area contributed by atoms with Crippen LogP contribution in [0.4, 0.5) is 0 Å². The van der Waals surface area contributed by atoms with Crippen LogP contribution in [0, 0.1) is 0 Å². The lowest BCUT2D eigenvalue weighted by atomic mass is 10.1. The van der Waals surface area contributed by atoms with Gasteiger partial charge in [0.15, 0.2) is 0 Å². The summed E-state index contributed by atoms with van der Waals surface area (Å²) in [5.74, 6) is 0. The molecule has 1 aromatic heterocycles. The summed E-state index contributed by atoms with van der Waals surface area (Å²) >= 11 is 13.6. The predicted octanol–water partition coefficient (Wildman–Crippen LogP) is 4.60. The third kappa shape index (κ3) is 2.97. The van der Waals surface area contributed by atoms with E-state index in [4.69, 9.17) is 23.2 Å². The molecule has 0 amide bonds. The van der Waals surface area contributed by atoms with Crippen molar-refractivity contribution >= 4 is 34.5 Å². The zero-order valence-corrected chi connectivity index (χ0v) is 11.2. The van der Waals surface area contributed by atoms with Crippen molar-refractivity contribution in [3.05, 3.63) is 49.9 Å². The second-order valence-electron chi connectivity index (χ2n) is 3.54. The molecule has 1 aromatic carbocycles. The lowest BCUT2D eigenvalue weighted by Crippen LogP contribution is -1.88. The van der Waals surface area contributed by atoms with Crippen molar-refractivity contribution in [1.29, 1.82) is 0 Å². The molecule has 0 saturated heterocycles. The Balaban J connectivity index is 2.19. The number of nitrogens with zero attached hydrogens (tertiary/aromatic N) is 1. The smallest absolute Gasteiger partial charge is 0.0972 e. The van der Waals surface area contributed by atoms with Gasteiger partial charge in [-0.25, -0.2) is 4.98 Å². The maximum absolute atomic E-state index is 5.95. The molecule has 0 radical (unpaired) electrons. The summed E-state index contributed by atoms with van der Waals surface area (Å²) < 4.78 is 0. The minimum Gasteiger partial charge on any atom is -0.246 e. The fraction of sp³-hybridized carbons (Fsp3) is 0.250. The van der Waals surface area contributed by atoms with E-state index in [9.17, 15) is 0 Å². The largest absolute Gasteiger partial charge is 0.246 e. The van der Waals surface area contributed by atoms with Crippen LogP contribution in [0.3, 0.4) is 0 Å². The Labute approximate surface area is 109 Å². The fourth-order valence-electron chi connectivity index (χ4n) is 1.48. The number of hydrogen-bond acceptors (Lipinski definition) is 2. The van der Waals surface area contributed by atoms with Gasteiger partial charge in [-0.15, -0.1) is 11.3 Å². The Kier molecular flexibility index (Phi) is 3.85. The molecule has 0 aliphatic heterocycles. The van der Waals surface area contributed by atoms with E-state index in [0.29, 0.717) is 10.0 Å². The topological polar surface area (TPSA) is 12.9 Å². The SMILES string of the molecule is CCc1csc(Cc2cc(Cl)cc(Cl)c2)n1. The van der Waals surface area contributed by atoms with Crippen LogP contribution in [0.5, 0.6) is 0 Å². The molecule has 0 saturated carbocycles. The highest BCUT2D eigenvalue weighted by Gasteiger charge is 2.04. The lowest BCUT2D eigenvalue weighted by molar-refractivity contribution is 1.02. The molecule has 0 bridgehead atoms. The van der Waals surface area contributed by atoms with Gasteiger partial charge in [0.25, 0.3) is 0 Å². The maximum atomic E-state index is 5.95. The van der Waals surface area contributed by atoms with E-state index < -0.39 is 0 Å². The van der Waals surface area contributed by atoms with Gasteiger partial charge in [-0.1, -0.05) is 30.1 Å². The molecule has 16 heavy (non-hydrogen) atoms. The molecule has 0 N–H and O–H groups in total. The second kappa shape index (κ2) is 5.17. The van der Waals surface area contributed by atoms with Crippen molar-refractivity contribution < 1.29 is 0 Å². The van der Waals surface area contributed by atoms with Crippen molar-refractivity contribution in [3.63, 3.8) is 0 Å². The molecule has 0 unspecified atom stereocenters. The van der Waals surface area contributed by atoms with E-state index in [1.54, 1.807) is 17.4 Å². The zero-order chi connectivity index (χ0) is 11.5. The number of thiazole rings is 1. The van der Waals surface area contributed by atoms with E-state index in [2.05, 4.69) is 17.3 Å². The van der Waals surface area contributed by atoms with Crippen molar-refractivity contribution in [1.82, 2.24) is 4.98 Å². The van der Waals surface area contributed by atoms with Gasteiger partial charge >= 0.3 is 0 Å². The summed E-state index contributed by atoms with van der Waals surface area (Å²) in [7, 11) is 0. The van der Waals surface area contributed by atoms with Crippen LogP contribution < -0.4 is 0 Å². The Hall–Kier alpha value is -0.570. The molecule has 2 aromatic rings. The molecular formula is C12H11Cl2NS. The first-order chi connectivity index (χ1) is 7.67. The van der Waals surface area contributed by atoms with Crippen LogP contribution in [0.1, 0.15) is 23.2 Å². The van der Waals surface area contributed by atoms with Gasteiger partial charge in [0.05, 0.1) is 10.7 Å². The van der Waals surface area contributed by atoms with E-state index in [1.807, 2.05) is 12.1 Å². The van der Waals surface area contributed by atoms with Crippen LogP contribution in [-0.2, 0) is 12.8 Å². The van der Waals surface area contributed by atoms with Crippen molar-refractivity contribution in [2.24, 2.45) is 0 Å². The number of halogens is 2. The van der Waals surface area contributed by atoms with Gasteiger partial charge in [0, 0.05) is 21.8 Å². The monoisotopic (exact) mass is 271 g/mol. The van der Waals surface area contributed by atoms with Crippen molar-refractivity contribution in [2.45, 2.75) is 19.8 Å². The third-order valence-electron chi connectivity index (χ3n) is 2.24. The number of aryl methyl sites for hydroxylation is 1. The summed E-state index contributed by atoms with van der Waals surface area (Å²) in [5.41, 5.74) is 2.25. The molecule has 2 rings (SSSR count). The first-order valence-electron chi connectivity index (χ1n) is 5.05. The lowest BCUT2D eigenvalue weighted by Gasteiger charge is -2.00. The normalized spacial score (nSPS) is 10.7. The molecular weight excluding hydrogens is 261 g/mol. The molecule has 0 fully saturated rings. The van der Waals surface area contributed by atoms with Gasteiger partial charge in [0.2, 0.25) is 0 Å². The standard InChI is InChI=1S/C12H11Cl2NS/c1-2-11-7-16-12(15-11)5-8-3-9(13)6-10(14)4-8/h3-4,6-7H,2,5H2,1H3. The highest BCUT2D eigenvalue weighted by molar-refractivity contribution is 7.09. The van der Waals surface area contributed by atoms with E-state index in [-0.39, 0.29) is 0 Å². The Morgan fingerprint density at radius 3 is 2.44 bits per heavy atom. The summed E-state index contributed by atoms with van der Waals surface area (Å²) in [6.07, 6.45) is 1.78. The van der Waals surface area contributed by atoms with Gasteiger partial charge in [-0.3, -0.25) is 0 Å². The van der Waals surface area contributed by atoms with Crippen molar-refractivity contribution in [2.75, 3.05) is 0 Å². The number of benzene rings is 1. The summed E-state index contributed by atoms with van der Waals surface area (Å²) in [5, 5.41) is 4.56. The van der Waals surface area contributed by atoms with E-state index in [0.717, 1.165) is 29.1 Å². The summed E-state index contributed by atoms with van der Waals surface area (Å²) in [6.45, 7) is 2.11. The molecule has 1 heterocycles. The van der Waals surface area contributed by atoms with Crippen molar-refractivity contribution in [3.8, 4) is 0 Å². The third-order valence-corrected chi connectivity index (χ3v) is 3.57. The highest BCUT2D eigenvalue weighted by Crippen LogP contribution is 2.22. The molecule has 84 valence electrons. The molecule has 4 heteroatoms. The van der Waals surface area contributed by atoms with Gasteiger partial charge in [-0.2, -0.15) is 0 Å². The van der Waals surface area contributed by atoms with Gasteiger partial charge in [-0.05, 0) is 30.2 Å². The van der Waals surface area contributed by atoms with Crippen LogP contribution >= 0.6 is 34.5 Å². The van der Waals surface area contributed by atoms with Crippen LogP contribution in [-0.4, -0.2) is 4.98 Å². The first-order valence-corrected chi connectivity index (χ1v) is 6.69. The molecule has 0 aliphatic rings. The minimum absolute atomic E-state index is 0.676. The fourth-order valence-corrected chi connectivity index (χ4v) is 2.96. The summed E-state index contributed by atoms with van der Waals surface area (Å²) in [6, 6.07) is 5.60. The minimum atomic E-state index is 0.676. The van der Waals surface area contributed by atoms with Crippen LogP contribution in [0.2, 0.25) is 10.0 Å². The number of aromatic nitrogens is 1. The van der Waals surface area contributed by atoms with E-state index in [1.165, 1.54) is 0 Å². The quantitative estimate of drug-likeness (QED) is 0.795. The first kappa shape index (κ1) is 11.9. The average molecular weight is 272 g/mol. The number of rotatable bonds is 3. The van der Waals surface area contributed by atoms with Crippen LogP contribution in [0.15, 0.2) is 23.6 Å². The summed E-state index contributed by atoms with van der Waals surface area (Å²) in [4.78, 5) is 4.52. The molecule has 0 spiro atoms. The van der Waals surface area contributed by atoms with Gasteiger partial charge in [0.1, 0.15) is 0 Å². The Morgan fingerprint density at radius 1 is 1.19 bits per heavy atom. The molecule has 1 nitrogen and oxygen atoms in total. The zero-order valence-electron chi connectivity index (χ0n) is 8.84. The predicted molar refractivity (Wildman–Crippen MR) is 70.8 cm³/mol. The molecule has 0 atom stereocenters. The van der Waals surface area contributed by atoms with Crippen LogP contribution in [0.25, 0.3) is 0 Å². The Morgan fingerprint density at radius 2 is 1.88 bits per heavy atom. The number of hydrogen-bond donors (Lipinski definition) is 0. The second-order valence-corrected chi connectivity index (χ2v) is 5.36. The van der Waals surface area contributed by atoms with Gasteiger partial charge < -0.3 is 0 Å².